The highest BCUT2D eigenvalue weighted by atomic mass is 16.5. The van der Waals surface area contributed by atoms with Gasteiger partial charge < -0.3 is 25.0 Å². The Balaban J connectivity index is 2.13. The molecule has 22 heavy (non-hydrogen) atoms. The van der Waals surface area contributed by atoms with Crippen LogP contribution in [0.5, 0.6) is 23.0 Å². The standard InChI is InChI=1S/C17H19NO4/c1-21-11-3-4-16(22-2)13(8-11)17-12-9-15(20)14(19)7-10(12)5-6-18-17/h3-4,7-9,17-20H,5-6H2,1-2H3/p+1/t17-/m0/s1. The molecule has 0 spiro atoms. The summed E-state index contributed by atoms with van der Waals surface area (Å²) in [4.78, 5) is 0. The molecule has 0 saturated heterocycles. The third-order valence-corrected chi connectivity index (χ3v) is 4.16. The van der Waals surface area contributed by atoms with Crippen LogP contribution in [0, 0.1) is 0 Å². The summed E-state index contributed by atoms with van der Waals surface area (Å²) in [6.45, 7) is 0.905. The Morgan fingerprint density at radius 3 is 2.50 bits per heavy atom. The first-order valence-corrected chi connectivity index (χ1v) is 7.24. The number of benzene rings is 2. The molecule has 1 atom stereocenters. The van der Waals surface area contributed by atoms with Gasteiger partial charge in [-0.05, 0) is 35.9 Å². The number of quaternary nitrogens is 1. The summed E-state index contributed by atoms with van der Waals surface area (Å²) in [6, 6.07) is 9.00. The Bertz CT molecular complexity index is 699. The third kappa shape index (κ3) is 2.44. The molecule has 1 aliphatic heterocycles. The summed E-state index contributed by atoms with van der Waals surface area (Å²) in [5.41, 5.74) is 3.04. The summed E-state index contributed by atoms with van der Waals surface area (Å²) < 4.78 is 10.8. The van der Waals surface area contributed by atoms with Gasteiger partial charge in [-0.2, -0.15) is 0 Å². The van der Waals surface area contributed by atoms with E-state index in [1.54, 1.807) is 26.4 Å². The summed E-state index contributed by atoms with van der Waals surface area (Å²) in [5.74, 6) is 1.37. The fourth-order valence-electron chi connectivity index (χ4n) is 3.05. The number of ether oxygens (including phenoxy) is 2. The molecule has 1 aliphatic rings. The summed E-state index contributed by atoms with van der Waals surface area (Å²) in [6.07, 6.45) is 0.853. The normalized spacial score (nSPS) is 16.9. The molecular formula is C17H20NO4+. The second-order valence-corrected chi connectivity index (χ2v) is 5.40. The van der Waals surface area contributed by atoms with Crippen molar-refractivity contribution in [3.8, 4) is 23.0 Å². The van der Waals surface area contributed by atoms with E-state index in [0.29, 0.717) is 0 Å². The predicted octanol–water partition coefficient (Wildman–Crippen LogP) is 1.32. The lowest BCUT2D eigenvalue weighted by atomic mass is 9.89. The van der Waals surface area contributed by atoms with E-state index in [9.17, 15) is 10.2 Å². The van der Waals surface area contributed by atoms with Crippen molar-refractivity contribution in [2.75, 3.05) is 20.8 Å². The molecule has 3 rings (SSSR count). The molecule has 5 nitrogen and oxygen atoms in total. The smallest absolute Gasteiger partial charge is 0.157 e. The first kappa shape index (κ1) is 14.5. The lowest BCUT2D eigenvalue weighted by Crippen LogP contribution is -2.87. The van der Waals surface area contributed by atoms with Crippen LogP contribution < -0.4 is 14.8 Å². The molecule has 4 N–H and O–H groups in total. The van der Waals surface area contributed by atoms with E-state index in [-0.39, 0.29) is 17.5 Å². The topological polar surface area (TPSA) is 75.5 Å². The zero-order valence-electron chi connectivity index (χ0n) is 12.7. The van der Waals surface area contributed by atoms with E-state index in [1.165, 1.54) is 0 Å². The number of methoxy groups -OCH3 is 2. The van der Waals surface area contributed by atoms with Gasteiger partial charge >= 0.3 is 0 Å². The van der Waals surface area contributed by atoms with Crippen LogP contribution in [0.1, 0.15) is 22.7 Å². The van der Waals surface area contributed by atoms with Gasteiger partial charge in [0.15, 0.2) is 11.5 Å². The Morgan fingerprint density at radius 2 is 1.77 bits per heavy atom. The molecule has 2 aromatic carbocycles. The number of hydrogen-bond donors (Lipinski definition) is 3. The van der Waals surface area contributed by atoms with Crippen LogP contribution in [0.15, 0.2) is 30.3 Å². The second kappa shape index (κ2) is 5.77. The highest BCUT2D eigenvalue weighted by Crippen LogP contribution is 2.37. The van der Waals surface area contributed by atoms with Gasteiger partial charge in [-0.25, -0.2) is 0 Å². The molecule has 0 radical (unpaired) electrons. The molecule has 0 aliphatic carbocycles. The maximum atomic E-state index is 9.85. The van der Waals surface area contributed by atoms with Gasteiger partial charge in [-0.3, -0.25) is 0 Å². The van der Waals surface area contributed by atoms with Crippen molar-refractivity contribution in [3.63, 3.8) is 0 Å². The van der Waals surface area contributed by atoms with E-state index >= 15 is 0 Å². The molecule has 1 heterocycles. The molecule has 0 saturated carbocycles. The highest BCUT2D eigenvalue weighted by molar-refractivity contribution is 5.52. The van der Waals surface area contributed by atoms with Crippen LogP contribution in [0.3, 0.4) is 0 Å². The Labute approximate surface area is 129 Å². The van der Waals surface area contributed by atoms with Gasteiger partial charge in [-0.15, -0.1) is 0 Å². The maximum Gasteiger partial charge on any atom is 0.157 e. The minimum atomic E-state index is -0.0964. The Kier molecular flexibility index (Phi) is 3.81. The number of phenolic OH excluding ortho intramolecular Hbond substituents is 2. The van der Waals surface area contributed by atoms with Crippen LogP contribution in [0.4, 0.5) is 0 Å². The van der Waals surface area contributed by atoms with Crippen molar-refractivity contribution >= 4 is 0 Å². The van der Waals surface area contributed by atoms with Crippen LogP contribution in [0.25, 0.3) is 0 Å². The summed E-state index contributed by atoms with van der Waals surface area (Å²) in [5, 5.41) is 21.8. The molecule has 0 amide bonds. The van der Waals surface area contributed by atoms with Crippen molar-refractivity contribution in [1.82, 2.24) is 0 Å². The quantitative estimate of drug-likeness (QED) is 0.748. The first-order chi connectivity index (χ1) is 10.6. The van der Waals surface area contributed by atoms with E-state index in [1.807, 2.05) is 18.2 Å². The molecule has 0 unspecified atom stereocenters. The molecule has 2 aromatic rings. The van der Waals surface area contributed by atoms with Gasteiger partial charge in [0.25, 0.3) is 0 Å². The van der Waals surface area contributed by atoms with Crippen molar-refractivity contribution in [1.29, 1.82) is 0 Å². The third-order valence-electron chi connectivity index (χ3n) is 4.16. The number of nitrogens with two attached hydrogens (primary N) is 1. The average Bonchev–Trinajstić information content (AvgIpc) is 2.55. The second-order valence-electron chi connectivity index (χ2n) is 5.40. The Morgan fingerprint density at radius 1 is 1.00 bits per heavy atom. The highest BCUT2D eigenvalue weighted by Gasteiger charge is 2.29. The molecule has 0 bridgehead atoms. The van der Waals surface area contributed by atoms with Gasteiger partial charge in [0.2, 0.25) is 0 Å². The van der Waals surface area contributed by atoms with Crippen LogP contribution in [-0.4, -0.2) is 31.0 Å². The van der Waals surface area contributed by atoms with E-state index in [4.69, 9.17) is 9.47 Å². The summed E-state index contributed by atoms with van der Waals surface area (Å²) >= 11 is 0. The predicted molar refractivity (Wildman–Crippen MR) is 81.7 cm³/mol. The van der Waals surface area contributed by atoms with E-state index < -0.39 is 0 Å². The largest absolute Gasteiger partial charge is 0.504 e. The SMILES string of the molecule is COc1ccc(OC)c([C@H]2[NH2+]CCc3cc(O)c(O)cc32)c1. The molecular weight excluding hydrogens is 282 g/mol. The fourth-order valence-corrected chi connectivity index (χ4v) is 3.05. The van der Waals surface area contributed by atoms with Crippen LogP contribution in [-0.2, 0) is 6.42 Å². The monoisotopic (exact) mass is 302 g/mol. The van der Waals surface area contributed by atoms with Crippen molar-refractivity contribution in [2.24, 2.45) is 0 Å². The number of phenols is 2. The van der Waals surface area contributed by atoms with Gasteiger partial charge in [-0.1, -0.05) is 0 Å². The van der Waals surface area contributed by atoms with Gasteiger partial charge in [0, 0.05) is 12.0 Å². The summed E-state index contributed by atoms with van der Waals surface area (Å²) in [7, 11) is 3.28. The zero-order valence-corrected chi connectivity index (χ0v) is 12.7. The van der Waals surface area contributed by atoms with Crippen LogP contribution >= 0.6 is 0 Å². The lowest BCUT2D eigenvalue weighted by Gasteiger charge is -2.26. The zero-order chi connectivity index (χ0) is 15.7. The van der Waals surface area contributed by atoms with Gasteiger partial charge in [0.1, 0.15) is 17.5 Å². The number of fused-ring (bicyclic) bond motifs is 1. The van der Waals surface area contributed by atoms with Crippen molar-refractivity contribution in [2.45, 2.75) is 12.5 Å². The van der Waals surface area contributed by atoms with Crippen molar-refractivity contribution < 1.29 is 25.0 Å². The number of rotatable bonds is 3. The van der Waals surface area contributed by atoms with E-state index in [2.05, 4.69) is 5.32 Å². The average molecular weight is 302 g/mol. The molecule has 0 aromatic heterocycles. The Hall–Kier alpha value is -2.40. The lowest BCUT2D eigenvalue weighted by molar-refractivity contribution is -0.690. The van der Waals surface area contributed by atoms with E-state index in [0.717, 1.165) is 41.2 Å². The first-order valence-electron chi connectivity index (χ1n) is 7.24. The minimum absolute atomic E-state index is 0.000278. The fraction of sp³-hybridized carbons (Fsp3) is 0.294. The number of aromatic hydroxyl groups is 2. The maximum absolute atomic E-state index is 9.85. The molecule has 5 heteroatoms. The molecule has 0 fully saturated rings. The number of hydrogen-bond acceptors (Lipinski definition) is 4. The van der Waals surface area contributed by atoms with Gasteiger partial charge in [0.05, 0.1) is 26.3 Å². The van der Waals surface area contributed by atoms with Crippen LogP contribution in [0.2, 0.25) is 0 Å². The van der Waals surface area contributed by atoms with Crippen molar-refractivity contribution in [3.05, 3.63) is 47.0 Å². The molecule has 116 valence electrons. The minimum Gasteiger partial charge on any atom is -0.504 e.